The third kappa shape index (κ3) is 3.50. The normalized spacial score (nSPS) is 16.1. The van der Waals surface area contributed by atoms with Gasteiger partial charge in [0.1, 0.15) is 0 Å². The zero-order valence-electron chi connectivity index (χ0n) is 10.1. The van der Waals surface area contributed by atoms with Gasteiger partial charge in [-0.05, 0) is 24.1 Å². The van der Waals surface area contributed by atoms with Crippen LogP contribution in [-0.2, 0) is 16.0 Å². The maximum Gasteiger partial charge on any atom is 0.239 e. The monoisotopic (exact) mass is 264 g/mol. The quantitative estimate of drug-likeness (QED) is 0.779. The highest BCUT2D eigenvalue weighted by Crippen LogP contribution is 2.10. The van der Waals surface area contributed by atoms with E-state index in [-0.39, 0.29) is 18.4 Å². The summed E-state index contributed by atoms with van der Waals surface area (Å²) in [5.74, 6) is -0.0782. The molecule has 1 N–H and O–H groups in total. The van der Waals surface area contributed by atoms with Gasteiger partial charge in [-0.15, -0.1) is 12.6 Å². The smallest absolute Gasteiger partial charge is 0.239 e. The van der Waals surface area contributed by atoms with Crippen LogP contribution in [0.25, 0.3) is 0 Å². The van der Waals surface area contributed by atoms with E-state index in [0.717, 1.165) is 16.9 Å². The molecule has 1 aromatic carbocycles. The molecule has 0 atom stereocenters. The van der Waals surface area contributed by atoms with E-state index in [9.17, 15) is 9.59 Å². The number of hydrogen-bond acceptors (Lipinski definition) is 3. The van der Waals surface area contributed by atoms with Gasteiger partial charge in [0.05, 0.1) is 13.0 Å². The number of amides is 2. The van der Waals surface area contributed by atoms with Crippen LogP contribution >= 0.6 is 12.6 Å². The summed E-state index contributed by atoms with van der Waals surface area (Å²) in [6, 6.07) is 7.50. The average Bonchev–Trinajstić information content (AvgIpc) is 2.57. The lowest BCUT2D eigenvalue weighted by atomic mass is 10.1. The van der Waals surface area contributed by atoms with Crippen molar-refractivity contribution < 1.29 is 9.59 Å². The van der Waals surface area contributed by atoms with E-state index in [0.29, 0.717) is 19.5 Å². The van der Waals surface area contributed by atoms with Crippen molar-refractivity contribution in [3.05, 3.63) is 29.8 Å². The van der Waals surface area contributed by atoms with Crippen molar-refractivity contribution in [2.45, 2.75) is 17.7 Å². The Labute approximate surface area is 112 Å². The highest BCUT2D eigenvalue weighted by Gasteiger charge is 2.19. The van der Waals surface area contributed by atoms with Gasteiger partial charge in [0.2, 0.25) is 11.8 Å². The maximum absolute atomic E-state index is 12.1. The van der Waals surface area contributed by atoms with Crippen LogP contribution < -0.4 is 5.32 Å². The molecule has 1 heterocycles. The SMILES string of the molecule is O=C1CN(C(=O)Cc2ccc(S)cc2)CCCN1. The molecular weight excluding hydrogens is 248 g/mol. The summed E-state index contributed by atoms with van der Waals surface area (Å²) in [4.78, 5) is 26.0. The lowest BCUT2D eigenvalue weighted by molar-refractivity contribution is -0.134. The molecule has 1 aliphatic rings. The zero-order valence-corrected chi connectivity index (χ0v) is 11.0. The number of nitrogens with zero attached hydrogens (tertiary/aromatic N) is 1. The van der Waals surface area contributed by atoms with Gasteiger partial charge in [-0.25, -0.2) is 0 Å². The zero-order chi connectivity index (χ0) is 13.0. The fraction of sp³-hybridized carbons (Fsp3) is 0.385. The highest BCUT2D eigenvalue weighted by atomic mass is 32.1. The lowest BCUT2D eigenvalue weighted by Crippen LogP contribution is -2.38. The summed E-state index contributed by atoms with van der Waals surface area (Å²) in [5.41, 5.74) is 0.947. The van der Waals surface area contributed by atoms with E-state index in [4.69, 9.17) is 0 Å². The predicted molar refractivity (Wildman–Crippen MR) is 71.6 cm³/mol. The van der Waals surface area contributed by atoms with E-state index in [1.165, 1.54) is 0 Å². The molecule has 0 bridgehead atoms. The number of hydrogen-bond donors (Lipinski definition) is 2. The fourth-order valence-corrected chi connectivity index (χ4v) is 2.07. The molecule has 0 aromatic heterocycles. The van der Waals surface area contributed by atoms with E-state index in [2.05, 4.69) is 17.9 Å². The number of nitrogens with one attached hydrogen (secondary N) is 1. The Morgan fingerprint density at radius 3 is 2.78 bits per heavy atom. The summed E-state index contributed by atoms with van der Waals surface area (Å²) >= 11 is 4.20. The molecule has 1 aromatic rings. The van der Waals surface area contributed by atoms with Crippen molar-refractivity contribution in [2.75, 3.05) is 19.6 Å². The Bertz CT molecular complexity index is 445. The first kappa shape index (κ1) is 13.0. The molecule has 96 valence electrons. The number of carbonyl (C=O) groups excluding carboxylic acids is 2. The van der Waals surface area contributed by atoms with Crippen molar-refractivity contribution in [1.82, 2.24) is 10.2 Å². The minimum absolute atomic E-state index is 0.000959. The molecule has 0 saturated carbocycles. The minimum atomic E-state index is -0.0773. The lowest BCUT2D eigenvalue weighted by Gasteiger charge is -2.18. The van der Waals surface area contributed by atoms with Gasteiger partial charge in [-0.3, -0.25) is 9.59 Å². The van der Waals surface area contributed by atoms with Gasteiger partial charge in [0.25, 0.3) is 0 Å². The Hall–Kier alpha value is -1.49. The van der Waals surface area contributed by atoms with Crippen molar-refractivity contribution >= 4 is 24.4 Å². The molecule has 0 unspecified atom stereocenters. The van der Waals surface area contributed by atoms with Crippen LogP contribution in [0.15, 0.2) is 29.2 Å². The first-order valence-corrected chi connectivity index (χ1v) is 6.42. The van der Waals surface area contributed by atoms with Crippen LogP contribution in [0.3, 0.4) is 0 Å². The van der Waals surface area contributed by atoms with Crippen LogP contribution in [0.5, 0.6) is 0 Å². The Balaban J connectivity index is 1.98. The molecule has 0 radical (unpaired) electrons. The van der Waals surface area contributed by atoms with Crippen LogP contribution in [0, 0.1) is 0 Å². The summed E-state index contributed by atoms with van der Waals surface area (Å²) in [6.45, 7) is 1.46. The number of carbonyl (C=O) groups is 2. The molecule has 4 nitrogen and oxygen atoms in total. The third-order valence-electron chi connectivity index (χ3n) is 2.91. The first-order valence-electron chi connectivity index (χ1n) is 5.97. The molecule has 1 saturated heterocycles. The average molecular weight is 264 g/mol. The fourth-order valence-electron chi connectivity index (χ4n) is 1.92. The van der Waals surface area contributed by atoms with E-state index >= 15 is 0 Å². The number of rotatable bonds is 2. The van der Waals surface area contributed by atoms with Crippen LogP contribution in [-0.4, -0.2) is 36.3 Å². The van der Waals surface area contributed by atoms with Gasteiger partial charge in [0, 0.05) is 18.0 Å². The molecule has 5 heteroatoms. The minimum Gasteiger partial charge on any atom is -0.354 e. The van der Waals surface area contributed by atoms with Crippen LogP contribution in [0.2, 0.25) is 0 Å². The van der Waals surface area contributed by atoms with Crippen molar-refractivity contribution in [2.24, 2.45) is 0 Å². The van der Waals surface area contributed by atoms with Crippen LogP contribution in [0.4, 0.5) is 0 Å². The van der Waals surface area contributed by atoms with Gasteiger partial charge in [0.15, 0.2) is 0 Å². The molecule has 1 fully saturated rings. The third-order valence-corrected chi connectivity index (χ3v) is 3.20. The van der Waals surface area contributed by atoms with Gasteiger partial charge < -0.3 is 10.2 Å². The standard InChI is InChI=1S/C13H16N2O2S/c16-12-9-15(7-1-6-14-12)13(17)8-10-2-4-11(18)5-3-10/h2-5,18H,1,6-9H2,(H,14,16). The largest absolute Gasteiger partial charge is 0.354 e. The van der Waals surface area contributed by atoms with Crippen molar-refractivity contribution in [1.29, 1.82) is 0 Å². The number of thiol groups is 1. The summed E-state index contributed by atoms with van der Waals surface area (Å²) < 4.78 is 0. The van der Waals surface area contributed by atoms with Crippen molar-refractivity contribution in [3.63, 3.8) is 0 Å². The summed E-state index contributed by atoms with van der Waals surface area (Å²) in [7, 11) is 0. The predicted octanol–water partition coefficient (Wildman–Crippen LogP) is 0.866. The van der Waals surface area contributed by atoms with E-state index in [1.807, 2.05) is 24.3 Å². The van der Waals surface area contributed by atoms with Gasteiger partial charge in [-0.2, -0.15) is 0 Å². The van der Waals surface area contributed by atoms with E-state index < -0.39 is 0 Å². The first-order chi connectivity index (χ1) is 8.65. The second-order valence-electron chi connectivity index (χ2n) is 4.36. The Morgan fingerprint density at radius 2 is 2.06 bits per heavy atom. The topological polar surface area (TPSA) is 49.4 Å². The van der Waals surface area contributed by atoms with Gasteiger partial charge in [-0.1, -0.05) is 12.1 Å². The maximum atomic E-state index is 12.1. The summed E-state index contributed by atoms with van der Waals surface area (Å²) in [6.07, 6.45) is 1.15. The Morgan fingerprint density at radius 1 is 1.33 bits per heavy atom. The second kappa shape index (κ2) is 5.91. The second-order valence-corrected chi connectivity index (χ2v) is 4.88. The molecule has 0 aliphatic carbocycles. The van der Waals surface area contributed by atoms with Gasteiger partial charge >= 0.3 is 0 Å². The van der Waals surface area contributed by atoms with Crippen molar-refractivity contribution in [3.8, 4) is 0 Å². The summed E-state index contributed by atoms with van der Waals surface area (Å²) in [5, 5.41) is 2.76. The molecule has 1 aliphatic heterocycles. The molecule has 2 amide bonds. The number of benzene rings is 1. The van der Waals surface area contributed by atoms with Crippen LogP contribution in [0.1, 0.15) is 12.0 Å². The molecule has 0 spiro atoms. The Kier molecular flexibility index (Phi) is 4.25. The molecule has 2 rings (SSSR count). The highest BCUT2D eigenvalue weighted by molar-refractivity contribution is 7.80. The molecular formula is C13H16N2O2S. The molecule has 18 heavy (non-hydrogen) atoms. The van der Waals surface area contributed by atoms with E-state index in [1.54, 1.807) is 4.90 Å².